The minimum absolute atomic E-state index is 0.0581. The van der Waals surface area contributed by atoms with E-state index in [0.717, 1.165) is 67.2 Å². The number of nitrogens with zero attached hydrogens (tertiary/aromatic N) is 2. The Kier molecular flexibility index (Phi) is 7.91. The minimum atomic E-state index is -0.401. The van der Waals surface area contributed by atoms with Gasteiger partial charge in [-0.3, -0.25) is 9.69 Å². The molecule has 1 aliphatic heterocycles. The number of hydrogen-bond donors (Lipinski definition) is 0. The number of aromatic nitrogens is 1. The van der Waals surface area contributed by atoms with Crippen molar-refractivity contribution in [1.29, 1.82) is 0 Å². The first-order valence-electron chi connectivity index (χ1n) is 12.6. The van der Waals surface area contributed by atoms with Gasteiger partial charge in [-0.15, -0.1) is 0 Å². The lowest BCUT2D eigenvalue weighted by Crippen LogP contribution is -2.47. The molecule has 0 aliphatic carbocycles. The van der Waals surface area contributed by atoms with Crippen molar-refractivity contribution in [2.75, 3.05) is 19.7 Å². The van der Waals surface area contributed by atoms with Crippen LogP contribution in [0.5, 0.6) is 5.75 Å². The fraction of sp³-hybridized carbons (Fsp3) is 0.448. The van der Waals surface area contributed by atoms with Gasteiger partial charge in [-0.1, -0.05) is 36.8 Å². The fourth-order valence-electron chi connectivity index (χ4n) is 4.77. The third kappa shape index (κ3) is 5.93. The summed E-state index contributed by atoms with van der Waals surface area (Å²) in [6.07, 6.45) is 2.69. The Hall–Kier alpha value is -3.12. The molecule has 4 rings (SSSR count). The first kappa shape index (κ1) is 25.0. The molecule has 0 saturated carbocycles. The van der Waals surface area contributed by atoms with Crippen LogP contribution in [0.25, 0.3) is 11.5 Å². The predicted octanol–water partition coefficient (Wildman–Crippen LogP) is 6.09. The Balaban J connectivity index is 1.39. The summed E-state index contributed by atoms with van der Waals surface area (Å²) in [6.45, 7) is 11.2. The SMILES string of the molecule is CCOC(=O)C1(CC)CCCN(Cc2cccc(OCc3nc(-c4ccc(C)cc4)oc3C)c2)C1. The monoisotopic (exact) mass is 476 g/mol. The Labute approximate surface area is 208 Å². The summed E-state index contributed by atoms with van der Waals surface area (Å²) < 4.78 is 17.4. The molecule has 0 N–H and O–H groups in total. The number of carbonyl (C=O) groups excluding carboxylic acids is 1. The van der Waals surface area contributed by atoms with Crippen LogP contribution in [-0.4, -0.2) is 35.5 Å². The number of carbonyl (C=O) groups is 1. The van der Waals surface area contributed by atoms with Gasteiger partial charge >= 0.3 is 5.97 Å². The Morgan fingerprint density at radius 3 is 2.69 bits per heavy atom. The fourth-order valence-corrected chi connectivity index (χ4v) is 4.77. The van der Waals surface area contributed by atoms with E-state index in [1.54, 1.807) is 0 Å². The van der Waals surface area contributed by atoms with Crippen molar-refractivity contribution in [3.05, 3.63) is 71.1 Å². The van der Waals surface area contributed by atoms with Crippen LogP contribution in [0.2, 0.25) is 0 Å². The number of rotatable bonds is 9. The molecule has 1 aromatic heterocycles. The minimum Gasteiger partial charge on any atom is -0.487 e. The number of hydrogen-bond acceptors (Lipinski definition) is 6. The Morgan fingerprint density at radius 1 is 1.14 bits per heavy atom. The van der Waals surface area contributed by atoms with Gasteiger partial charge in [0, 0.05) is 18.7 Å². The Bertz CT molecular complexity index is 1140. The van der Waals surface area contributed by atoms with Gasteiger partial charge in [-0.2, -0.15) is 0 Å². The summed E-state index contributed by atoms with van der Waals surface area (Å²) in [5.74, 6) is 2.11. The summed E-state index contributed by atoms with van der Waals surface area (Å²) in [7, 11) is 0. The highest BCUT2D eigenvalue weighted by Gasteiger charge is 2.41. The van der Waals surface area contributed by atoms with Gasteiger partial charge < -0.3 is 13.9 Å². The molecule has 1 aliphatic rings. The van der Waals surface area contributed by atoms with E-state index in [0.29, 0.717) is 19.1 Å². The van der Waals surface area contributed by atoms with Crippen LogP contribution < -0.4 is 4.74 Å². The second kappa shape index (κ2) is 11.1. The summed E-state index contributed by atoms with van der Waals surface area (Å²) >= 11 is 0. The molecule has 1 saturated heterocycles. The summed E-state index contributed by atoms with van der Waals surface area (Å²) in [6, 6.07) is 16.3. The average Bonchev–Trinajstić information content (AvgIpc) is 3.24. The molecular formula is C29H36N2O4. The highest BCUT2D eigenvalue weighted by Crippen LogP contribution is 2.35. The molecule has 35 heavy (non-hydrogen) atoms. The maximum Gasteiger partial charge on any atom is 0.313 e. The number of ether oxygens (including phenoxy) is 2. The van der Waals surface area contributed by atoms with Crippen LogP contribution in [0.15, 0.2) is 52.9 Å². The quantitative estimate of drug-likeness (QED) is 0.348. The molecule has 6 heteroatoms. The van der Waals surface area contributed by atoms with Crippen LogP contribution in [0.4, 0.5) is 0 Å². The number of piperidine rings is 1. The van der Waals surface area contributed by atoms with Gasteiger partial charge in [0.1, 0.15) is 23.8 Å². The lowest BCUT2D eigenvalue weighted by Gasteiger charge is -2.40. The van der Waals surface area contributed by atoms with Crippen molar-refractivity contribution in [3.8, 4) is 17.2 Å². The molecule has 0 amide bonds. The maximum atomic E-state index is 12.7. The van der Waals surface area contributed by atoms with Crippen molar-refractivity contribution in [1.82, 2.24) is 9.88 Å². The predicted molar refractivity (Wildman–Crippen MR) is 136 cm³/mol. The number of likely N-dealkylation sites (tertiary alicyclic amines) is 1. The molecule has 2 aromatic carbocycles. The van der Waals surface area contributed by atoms with Crippen molar-refractivity contribution < 1.29 is 18.7 Å². The molecule has 1 fully saturated rings. The molecule has 6 nitrogen and oxygen atoms in total. The van der Waals surface area contributed by atoms with Gasteiger partial charge in [0.2, 0.25) is 5.89 Å². The largest absolute Gasteiger partial charge is 0.487 e. The number of aryl methyl sites for hydroxylation is 2. The molecule has 2 heterocycles. The molecule has 0 radical (unpaired) electrons. The second-order valence-electron chi connectivity index (χ2n) is 9.49. The van der Waals surface area contributed by atoms with Crippen molar-refractivity contribution >= 4 is 5.97 Å². The summed E-state index contributed by atoms with van der Waals surface area (Å²) in [5, 5.41) is 0. The number of oxazole rings is 1. The van der Waals surface area contributed by atoms with Crippen molar-refractivity contribution in [2.24, 2.45) is 5.41 Å². The number of benzene rings is 2. The molecule has 3 aromatic rings. The Morgan fingerprint density at radius 2 is 1.94 bits per heavy atom. The summed E-state index contributed by atoms with van der Waals surface area (Å²) in [4.78, 5) is 19.7. The zero-order valence-electron chi connectivity index (χ0n) is 21.3. The van der Waals surface area contributed by atoms with E-state index >= 15 is 0 Å². The van der Waals surface area contributed by atoms with E-state index in [-0.39, 0.29) is 5.97 Å². The van der Waals surface area contributed by atoms with E-state index in [9.17, 15) is 4.79 Å². The van der Waals surface area contributed by atoms with Gasteiger partial charge in [-0.05, 0) is 76.4 Å². The molecule has 1 atom stereocenters. The third-order valence-corrected chi connectivity index (χ3v) is 6.91. The molecule has 0 bridgehead atoms. The van der Waals surface area contributed by atoms with Crippen LogP contribution in [-0.2, 0) is 22.7 Å². The van der Waals surface area contributed by atoms with Crippen molar-refractivity contribution in [2.45, 2.75) is 60.1 Å². The number of esters is 1. The smallest absolute Gasteiger partial charge is 0.313 e. The zero-order valence-corrected chi connectivity index (χ0v) is 21.3. The molecule has 1 unspecified atom stereocenters. The van der Waals surface area contributed by atoms with E-state index in [2.05, 4.69) is 48.0 Å². The van der Waals surface area contributed by atoms with Gasteiger partial charge in [-0.25, -0.2) is 4.98 Å². The third-order valence-electron chi connectivity index (χ3n) is 6.91. The molecular weight excluding hydrogens is 440 g/mol. The van der Waals surface area contributed by atoms with E-state index in [4.69, 9.17) is 13.9 Å². The lowest BCUT2D eigenvalue weighted by atomic mass is 9.77. The highest BCUT2D eigenvalue weighted by molar-refractivity contribution is 5.77. The van der Waals surface area contributed by atoms with E-state index in [1.165, 1.54) is 5.56 Å². The molecule has 0 spiro atoms. The van der Waals surface area contributed by atoms with Crippen LogP contribution in [0.1, 0.15) is 55.7 Å². The van der Waals surface area contributed by atoms with E-state index < -0.39 is 5.41 Å². The topological polar surface area (TPSA) is 64.8 Å². The van der Waals surface area contributed by atoms with Crippen LogP contribution >= 0.6 is 0 Å². The van der Waals surface area contributed by atoms with Crippen molar-refractivity contribution in [3.63, 3.8) is 0 Å². The van der Waals surface area contributed by atoms with Gasteiger partial charge in [0.05, 0.1) is 12.0 Å². The van der Waals surface area contributed by atoms with Crippen LogP contribution in [0.3, 0.4) is 0 Å². The first-order chi connectivity index (χ1) is 16.9. The normalized spacial score (nSPS) is 18.4. The van der Waals surface area contributed by atoms with Gasteiger partial charge in [0.15, 0.2) is 0 Å². The highest BCUT2D eigenvalue weighted by atomic mass is 16.5. The van der Waals surface area contributed by atoms with Gasteiger partial charge in [0.25, 0.3) is 0 Å². The average molecular weight is 477 g/mol. The molecule has 186 valence electrons. The van der Waals surface area contributed by atoms with E-state index in [1.807, 2.05) is 38.1 Å². The lowest BCUT2D eigenvalue weighted by molar-refractivity contribution is -0.159. The van der Waals surface area contributed by atoms with Crippen LogP contribution in [0, 0.1) is 19.3 Å². The standard InChI is InChI=1S/C29H36N2O4/c1-5-29(28(32)33-6-2)15-8-16-31(20-29)18-23-9-7-10-25(17-23)34-19-26-22(4)35-27(30-26)24-13-11-21(3)12-14-24/h7,9-14,17H,5-6,8,15-16,18-20H2,1-4H3. The zero-order chi connectivity index (χ0) is 24.8. The first-order valence-corrected chi connectivity index (χ1v) is 12.6. The maximum absolute atomic E-state index is 12.7. The summed E-state index contributed by atoms with van der Waals surface area (Å²) in [5.41, 5.74) is 3.72. The second-order valence-corrected chi connectivity index (χ2v) is 9.49.